The number of aryl methyl sites for hydroxylation is 1. The van der Waals surface area contributed by atoms with Crippen molar-refractivity contribution in [1.29, 1.82) is 0 Å². The monoisotopic (exact) mass is 365 g/mol. The Morgan fingerprint density at radius 3 is 2.83 bits per heavy atom. The zero-order valence-corrected chi connectivity index (χ0v) is 15.9. The molecule has 1 aliphatic rings. The van der Waals surface area contributed by atoms with Gasteiger partial charge in [0.1, 0.15) is 9.88 Å². The second kappa shape index (κ2) is 7.31. The van der Waals surface area contributed by atoms with Gasteiger partial charge in [0.15, 0.2) is 0 Å². The highest BCUT2D eigenvalue weighted by Gasteiger charge is 2.29. The van der Waals surface area contributed by atoms with Crippen LogP contribution in [0.25, 0.3) is 10.6 Å². The maximum atomic E-state index is 12.6. The first kappa shape index (κ1) is 17.5. The van der Waals surface area contributed by atoms with Crippen LogP contribution in [0.5, 0.6) is 0 Å². The van der Waals surface area contributed by atoms with Crippen molar-refractivity contribution >= 4 is 28.6 Å². The van der Waals surface area contributed by atoms with Gasteiger partial charge in [0, 0.05) is 36.1 Å². The van der Waals surface area contributed by atoms with Crippen molar-refractivity contribution in [1.82, 2.24) is 15.2 Å². The average molecular weight is 366 g/mol. The van der Waals surface area contributed by atoms with Crippen molar-refractivity contribution in [2.45, 2.75) is 26.3 Å². The molecule has 24 heavy (non-hydrogen) atoms. The fraction of sp³-hybridized carbons (Fsp3) is 0.529. The SMILES string of the molecule is Cc1nc(-c2ccsc2)sc1C(=O)NCC(C)(C)N1CCOCC1. The fourth-order valence-corrected chi connectivity index (χ4v) is 4.47. The van der Waals surface area contributed by atoms with Gasteiger partial charge in [-0.2, -0.15) is 11.3 Å². The standard InChI is InChI=1S/C17H23N3O2S2/c1-12-14(24-16(19-12)13-4-9-23-10-13)15(21)18-11-17(2,3)20-5-7-22-8-6-20/h4,9-10H,5-8,11H2,1-3H3,(H,18,21). The highest BCUT2D eigenvalue weighted by Crippen LogP contribution is 2.29. The van der Waals surface area contributed by atoms with E-state index in [9.17, 15) is 4.79 Å². The van der Waals surface area contributed by atoms with Gasteiger partial charge in [-0.15, -0.1) is 11.3 Å². The molecule has 1 N–H and O–H groups in total. The van der Waals surface area contributed by atoms with Crippen LogP contribution in [0.4, 0.5) is 0 Å². The minimum atomic E-state index is -0.0891. The zero-order valence-electron chi connectivity index (χ0n) is 14.3. The third-order valence-electron chi connectivity index (χ3n) is 4.32. The summed E-state index contributed by atoms with van der Waals surface area (Å²) in [4.78, 5) is 20.2. The first-order valence-corrected chi connectivity index (χ1v) is 9.84. The predicted molar refractivity (Wildman–Crippen MR) is 99.0 cm³/mol. The van der Waals surface area contributed by atoms with E-state index in [-0.39, 0.29) is 11.4 Å². The summed E-state index contributed by atoms with van der Waals surface area (Å²) < 4.78 is 5.41. The molecule has 0 spiro atoms. The molecule has 1 aliphatic heterocycles. The van der Waals surface area contributed by atoms with Crippen molar-refractivity contribution in [3.63, 3.8) is 0 Å². The molecule has 1 saturated heterocycles. The number of morpholine rings is 1. The van der Waals surface area contributed by atoms with E-state index >= 15 is 0 Å². The van der Waals surface area contributed by atoms with Gasteiger partial charge in [-0.05, 0) is 32.2 Å². The molecule has 1 fully saturated rings. The summed E-state index contributed by atoms with van der Waals surface area (Å²) in [5.41, 5.74) is 1.79. The maximum absolute atomic E-state index is 12.6. The van der Waals surface area contributed by atoms with Crippen molar-refractivity contribution in [2.75, 3.05) is 32.8 Å². The third kappa shape index (κ3) is 3.85. The molecule has 0 saturated carbocycles. The molecule has 0 aliphatic carbocycles. The number of aromatic nitrogens is 1. The van der Waals surface area contributed by atoms with Gasteiger partial charge >= 0.3 is 0 Å². The molecule has 2 aromatic heterocycles. The Hall–Kier alpha value is -1.28. The van der Waals surface area contributed by atoms with Crippen LogP contribution in [0.2, 0.25) is 0 Å². The smallest absolute Gasteiger partial charge is 0.263 e. The summed E-state index contributed by atoms with van der Waals surface area (Å²) in [6.07, 6.45) is 0. The van der Waals surface area contributed by atoms with Crippen LogP contribution in [0.3, 0.4) is 0 Å². The van der Waals surface area contributed by atoms with Crippen LogP contribution in [-0.4, -0.2) is 54.2 Å². The van der Waals surface area contributed by atoms with Crippen LogP contribution in [-0.2, 0) is 4.74 Å². The summed E-state index contributed by atoms with van der Waals surface area (Å²) in [5.74, 6) is -0.0344. The molecule has 0 radical (unpaired) electrons. The van der Waals surface area contributed by atoms with Crippen molar-refractivity contribution in [2.24, 2.45) is 0 Å². The van der Waals surface area contributed by atoms with E-state index in [4.69, 9.17) is 4.74 Å². The van der Waals surface area contributed by atoms with Gasteiger partial charge in [-0.25, -0.2) is 4.98 Å². The summed E-state index contributed by atoms with van der Waals surface area (Å²) in [7, 11) is 0. The number of nitrogens with zero attached hydrogens (tertiary/aromatic N) is 2. The Morgan fingerprint density at radius 2 is 2.17 bits per heavy atom. The number of carbonyl (C=O) groups is 1. The molecule has 0 atom stereocenters. The number of nitrogens with one attached hydrogen (secondary N) is 1. The number of thiazole rings is 1. The molecule has 2 aromatic rings. The maximum Gasteiger partial charge on any atom is 0.263 e. The molecule has 3 rings (SSSR count). The molecular weight excluding hydrogens is 342 g/mol. The number of rotatable bonds is 5. The molecule has 7 heteroatoms. The Balaban J connectivity index is 1.64. The van der Waals surface area contributed by atoms with E-state index in [1.54, 1.807) is 11.3 Å². The van der Waals surface area contributed by atoms with E-state index in [2.05, 4.69) is 34.4 Å². The number of carbonyl (C=O) groups excluding carboxylic acids is 1. The quantitative estimate of drug-likeness (QED) is 0.885. The number of hydrogen-bond acceptors (Lipinski definition) is 6. The van der Waals surface area contributed by atoms with E-state index in [1.807, 2.05) is 18.4 Å². The Kier molecular flexibility index (Phi) is 5.34. The Morgan fingerprint density at radius 1 is 1.42 bits per heavy atom. The predicted octanol–water partition coefficient (Wildman–Crippen LogP) is 3.02. The van der Waals surface area contributed by atoms with E-state index in [1.165, 1.54) is 11.3 Å². The van der Waals surface area contributed by atoms with Gasteiger partial charge in [-0.3, -0.25) is 9.69 Å². The summed E-state index contributed by atoms with van der Waals surface area (Å²) in [6.45, 7) is 10.2. The molecule has 1 amide bonds. The molecule has 0 aromatic carbocycles. The fourth-order valence-electron chi connectivity index (χ4n) is 2.77. The lowest BCUT2D eigenvalue weighted by Crippen LogP contribution is -2.55. The Bertz CT molecular complexity index is 689. The van der Waals surface area contributed by atoms with Crippen LogP contribution in [0.15, 0.2) is 16.8 Å². The van der Waals surface area contributed by atoms with Crippen molar-refractivity contribution in [3.05, 3.63) is 27.4 Å². The molecule has 130 valence electrons. The topological polar surface area (TPSA) is 54.5 Å². The van der Waals surface area contributed by atoms with Crippen molar-refractivity contribution < 1.29 is 9.53 Å². The zero-order chi connectivity index (χ0) is 17.2. The lowest BCUT2D eigenvalue weighted by atomic mass is 10.0. The van der Waals surface area contributed by atoms with Gasteiger partial charge in [-0.1, -0.05) is 0 Å². The number of hydrogen-bond donors (Lipinski definition) is 1. The highest BCUT2D eigenvalue weighted by molar-refractivity contribution is 7.17. The molecule has 0 bridgehead atoms. The Labute approximate surface area is 150 Å². The lowest BCUT2D eigenvalue weighted by molar-refractivity contribution is -0.00922. The highest BCUT2D eigenvalue weighted by atomic mass is 32.1. The lowest BCUT2D eigenvalue weighted by Gasteiger charge is -2.40. The molecular formula is C17H23N3O2S2. The van der Waals surface area contributed by atoms with Gasteiger partial charge < -0.3 is 10.1 Å². The first-order chi connectivity index (χ1) is 11.5. The number of ether oxygens (including phenoxy) is 1. The largest absolute Gasteiger partial charge is 0.379 e. The second-order valence-corrected chi connectivity index (χ2v) is 8.32. The van der Waals surface area contributed by atoms with Crippen molar-refractivity contribution in [3.8, 4) is 10.6 Å². The average Bonchev–Trinajstić information content (AvgIpc) is 3.23. The number of thiophene rings is 1. The van der Waals surface area contributed by atoms with Crippen LogP contribution in [0.1, 0.15) is 29.2 Å². The second-order valence-electron chi connectivity index (χ2n) is 6.54. The first-order valence-electron chi connectivity index (χ1n) is 8.08. The van der Waals surface area contributed by atoms with Gasteiger partial charge in [0.2, 0.25) is 0 Å². The van der Waals surface area contributed by atoms with E-state index in [0.717, 1.165) is 42.6 Å². The number of amides is 1. The van der Waals surface area contributed by atoms with Crippen LogP contribution in [0, 0.1) is 6.92 Å². The molecule has 3 heterocycles. The third-order valence-corrected chi connectivity index (χ3v) is 6.21. The molecule has 0 unspecified atom stereocenters. The summed E-state index contributed by atoms with van der Waals surface area (Å²) in [6, 6.07) is 2.03. The minimum Gasteiger partial charge on any atom is -0.379 e. The summed E-state index contributed by atoms with van der Waals surface area (Å²) in [5, 5.41) is 8.08. The minimum absolute atomic E-state index is 0.0344. The van der Waals surface area contributed by atoms with Crippen LogP contribution < -0.4 is 5.32 Å². The van der Waals surface area contributed by atoms with Gasteiger partial charge in [0.25, 0.3) is 5.91 Å². The van der Waals surface area contributed by atoms with E-state index in [0.29, 0.717) is 11.4 Å². The normalized spacial score (nSPS) is 16.3. The van der Waals surface area contributed by atoms with Crippen LogP contribution >= 0.6 is 22.7 Å². The summed E-state index contributed by atoms with van der Waals surface area (Å²) >= 11 is 3.10. The molecule has 5 nitrogen and oxygen atoms in total. The van der Waals surface area contributed by atoms with E-state index < -0.39 is 0 Å². The van der Waals surface area contributed by atoms with Gasteiger partial charge in [0.05, 0.1) is 18.9 Å².